The zero-order valence-electron chi connectivity index (χ0n) is 18.6. The van der Waals surface area contributed by atoms with E-state index in [4.69, 9.17) is 4.98 Å². The maximum atomic E-state index is 15.0. The van der Waals surface area contributed by atoms with Gasteiger partial charge in [-0.2, -0.15) is 26.3 Å². The summed E-state index contributed by atoms with van der Waals surface area (Å²) >= 11 is 0. The van der Waals surface area contributed by atoms with E-state index in [1.54, 1.807) is 60.7 Å². The molecule has 0 radical (unpaired) electrons. The molecule has 6 rings (SSSR count). The molecule has 0 N–H and O–H groups in total. The number of fused-ring (bicyclic) bond motifs is 3. The van der Waals surface area contributed by atoms with E-state index in [2.05, 4.69) is 0 Å². The van der Waals surface area contributed by atoms with Crippen molar-refractivity contribution >= 4 is 27.3 Å². The van der Waals surface area contributed by atoms with Crippen molar-refractivity contribution in [1.29, 1.82) is 0 Å². The highest BCUT2D eigenvalue weighted by Crippen LogP contribution is 2.65. The molecular weight excluding hydrogens is 466 g/mol. The van der Waals surface area contributed by atoms with Crippen LogP contribution in [0, 0.1) is 0 Å². The van der Waals surface area contributed by atoms with Crippen LogP contribution in [0.4, 0.5) is 26.3 Å². The molecule has 0 atom stereocenters. The molecule has 3 aromatic carbocycles. The predicted molar refractivity (Wildman–Crippen MR) is 122 cm³/mol. The molecule has 3 heterocycles. The van der Waals surface area contributed by atoms with Crippen LogP contribution in [0.15, 0.2) is 72.8 Å². The van der Waals surface area contributed by atoms with Crippen LogP contribution in [0.2, 0.25) is 0 Å². The lowest BCUT2D eigenvalue weighted by Gasteiger charge is -2.51. The molecular formula is C27H18F6N2. The van der Waals surface area contributed by atoms with Crippen LogP contribution in [0.5, 0.6) is 0 Å². The number of halogens is 6. The van der Waals surface area contributed by atoms with Gasteiger partial charge in [-0.3, -0.25) is 4.40 Å². The molecule has 1 aliphatic heterocycles. The van der Waals surface area contributed by atoms with Crippen LogP contribution in [-0.2, 0) is 10.8 Å². The molecule has 8 heteroatoms. The van der Waals surface area contributed by atoms with Gasteiger partial charge in [0.05, 0.1) is 16.9 Å². The zero-order valence-corrected chi connectivity index (χ0v) is 18.6. The number of rotatable bonds is 1. The van der Waals surface area contributed by atoms with Gasteiger partial charge in [-0.1, -0.05) is 86.6 Å². The Morgan fingerprint density at radius 1 is 0.686 bits per heavy atom. The lowest BCUT2D eigenvalue weighted by molar-refractivity contribution is -0.322. The molecule has 5 aromatic rings. The Morgan fingerprint density at radius 3 is 1.89 bits per heavy atom. The molecule has 0 amide bonds. The highest BCUT2D eigenvalue weighted by Gasteiger charge is 2.80. The first kappa shape index (κ1) is 21.9. The highest BCUT2D eigenvalue weighted by atomic mass is 19.4. The lowest BCUT2D eigenvalue weighted by Crippen LogP contribution is -2.65. The predicted octanol–water partition coefficient (Wildman–Crippen LogP) is 7.96. The molecule has 178 valence electrons. The van der Waals surface area contributed by atoms with Crippen LogP contribution in [0.25, 0.3) is 38.6 Å². The van der Waals surface area contributed by atoms with Crippen molar-refractivity contribution < 1.29 is 26.3 Å². The molecule has 0 saturated heterocycles. The second-order valence-electron chi connectivity index (χ2n) is 9.45. The van der Waals surface area contributed by atoms with Crippen LogP contribution in [-0.4, -0.2) is 21.7 Å². The van der Waals surface area contributed by atoms with Crippen molar-refractivity contribution in [2.45, 2.75) is 37.0 Å². The maximum Gasteiger partial charge on any atom is 0.408 e. The van der Waals surface area contributed by atoms with Gasteiger partial charge in [0.2, 0.25) is 0 Å². The highest BCUT2D eigenvalue weighted by molar-refractivity contribution is 6.13. The summed E-state index contributed by atoms with van der Waals surface area (Å²) in [7, 11) is 0. The summed E-state index contributed by atoms with van der Waals surface area (Å²) in [5, 5.41) is 1.52. The molecule has 0 unspecified atom stereocenters. The van der Waals surface area contributed by atoms with E-state index in [9.17, 15) is 26.3 Å². The quantitative estimate of drug-likeness (QED) is 0.174. The van der Waals surface area contributed by atoms with Gasteiger partial charge in [0.15, 0.2) is 5.41 Å². The number of pyridine rings is 1. The molecule has 0 aliphatic carbocycles. The van der Waals surface area contributed by atoms with Crippen molar-refractivity contribution in [2.24, 2.45) is 0 Å². The summed E-state index contributed by atoms with van der Waals surface area (Å²) in [5.74, 6) is 0. The molecule has 0 bridgehead atoms. The van der Waals surface area contributed by atoms with E-state index >= 15 is 0 Å². The summed E-state index contributed by atoms with van der Waals surface area (Å²) in [6.45, 7) is 2.06. The second-order valence-corrected chi connectivity index (χ2v) is 9.45. The number of hydrogen-bond donors (Lipinski definition) is 0. The first-order valence-electron chi connectivity index (χ1n) is 11.0. The van der Waals surface area contributed by atoms with Crippen molar-refractivity contribution in [3.63, 3.8) is 0 Å². The standard InChI is InChI=1S/C27H18F6N2/c1-24(2)22-20(15-9-4-3-5-10-15)34-23-18-12-7-6-11-16(18)17-13-8-14-19(21(17)35(22)23)25(24,26(28,29)30)27(31,32)33/h3-14H,1-2H3. The molecule has 35 heavy (non-hydrogen) atoms. The van der Waals surface area contributed by atoms with Crippen molar-refractivity contribution in [2.75, 3.05) is 0 Å². The first-order chi connectivity index (χ1) is 16.4. The van der Waals surface area contributed by atoms with Gasteiger partial charge >= 0.3 is 12.4 Å². The number of nitrogens with zero attached hydrogens (tertiary/aromatic N) is 2. The van der Waals surface area contributed by atoms with Crippen LogP contribution in [0.1, 0.15) is 25.1 Å². The Kier molecular flexibility index (Phi) is 4.11. The normalized spacial score (nSPS) is 17.0. The van der Waals surface area contributed by atoms with Crippen LogP contribution in [0.3, 0.4) is 0 Å². The monoisotopic (exact) mass is 484 g/mol. The topological polar surface area (TPSA) is 17.3 Å². The van der Waals surface area contributed by atoms with E-state index < -0.39 is 28.7 Å². The minimum Gasteiger partial charge on any atom is -0.295 e. The number of benzene rings is 3. The molecule has 2 aromatic heterocycles. The van der Waals surface area contributed by atoms with Gasteiger partial charge in [-0.25, -0.2) is 4.98 Å². The number of aromatic nitrogens is 2. The summed E-state index contributed by atoms with van der Waals surface area (Å²) in [4.78, 5) is 4.72. The van der Waals surface area contributed by atoms with Gasteiger partial charge in [-0.05, 0) is 5.39 Å². The van der Waals surface area contributed by atoms with E-state index in [0.29, 0.717) is 27.4 Å². The van der Waals surface area contributed by atoms with Crippen LogP contribution < -0.4 is 0 Å². The fourth-order valence-corrected chi connectivity index (χ4v) is 6.10. The molecule has 2 nitrogen and oxygen atoms in total. The summed E-state index contributed by atoms with van der Waals surface area (Å²) in [6.07, 6.45) is -11.3. The lowest BCUT2D eigenvalue weighted by atomic mass is 9.56. The Hall–Kier alpha value is -3.55. The van der Waals surface area contributed by atoms with E-state index in [1.807, 2.05) is 0 Å². The summed E-state index contributed by atoms with van der Waals surface area (Å²) in [6, 6.07) is 19.2. The molecule has 0 saturated carbocycles. The molecule has 0 spiro atoms. The maximum absolute atomic E-state index is 15.0. The zero-order chi connectivity index (χ0) is 25.0. The van der Waals surface area contributed by atoms with Crippen molar-refractivity contribution in [3.05, 3.63) is 84.1 Å². The average Bonchev–Trinajstić information content (AvgIpc) is 3.20. The average molecular weight is 484 g/mol. The van der Waals surface area contributed by atoms with E-state index in [1.165, 1.54) is 10.5 Å². The van der Waals surface area contributed by atoms with Gasteiger partial charge in [0, 0.05) is 27.3 Å². The Bertz CT molecular complexity index is 1630. The largest absolute Gasteiger partial charge is 0.408 e. The van der Waals surface area contributed by atoms with Gasteiger partial charge in [-0.15, -0.1) is 0 Å². The fraction of sp³-hybridized carbons (Fsp3) is 0.222. The third-order valence-corrected chi connectivity index (χ3v) is 7.43. The summed E-state index contributed by atoms with van der Waals surface area (Å²) in [5.41, 5.74) is -6.72. The third kappa shape index (κ3) is 2.44. The van der Waals surface area contributed by atoms with Gasteiger partial charge in [0.1, 0.15) is 5.65 Å². The van der Waals surface area contributed by atoms with Gasteiger partial charge in [0.25, 0.3) is 0 Å². The second kappa shape index (κ2) is 6.56. The van der Waals surface area contributed by atoms with Crippen molar-refractivity contribution in [1.82, 2.24) is 9.38 Å². The van der Waals surface area contributed by atoms with Gasteiger partial charge < -0.3 is 0 Å². The van der Waals surface area contributed by atoms with E-state index in [-0.39, 0.29) is 16.9 Å². The van der Waals surface area contributed by atoms with Crippen molar-refractivity contribution in [3.8, 4) is 11.3 Å². The number of imidazole rings is 1. The number of hydrogen-bond acceptors (Lipinski definition) is 1. The third-order valence-electron chi connectivity index (χ3n) is 7.43. The first-order valence-corrected chi connectivity index (χ1v) is 11.0. The fourth-order valence-electron chi connectivity index (χ4n) is 6.10. The van der Waals surface area contributed by atoms with Crippen LogP contribution >= 0.6 is 0 Å². The number of para-hydroxylation sites is 1. The van der Waals surface area contributed by atoms with E-state index in [0.717, 1.165) is 19.9 Å². The Labute approximate surface area is 195 Å². The Balaban J connectivity index is 1.99. The number of alkyl halides is 6. The Morgan fingerprint density at radius 2 is 1.26 bits per heavy atom. The molecule has 0 fully saturated rings. The summed E-state index contributed by atoms with van der Waals surface area (Å²) < 4.78 is 91.5. The SMILES string of the molecule is CC1(C)c2c(-c3ccccc3)nc3c4ccccc4c4cccc(c4n23)C1(C(F)(F)F)C(F)(F)F. The minimum atomic E-state index is -5.63. The smallest absolute Gasteiger partial charge is 0.295 e. The molecule has 1 aliphatic rings. The minimum absolute atomic E-state index is 0.109.